The van der Waals surface area contributed by atoms with E-state index in [-0.39, 0.29) is 10.9 Å². The molecule has 1 aromatic heterocycles. The first kappa shape index (κ1) is 15.5. The van der Waals surface area contributed by atoms with Gasteiger partial charge in [-0.05, 0) is 36.0 Å². The summed E-state index contributed by atoms with van der Waals surface area (Å²) in [5, 5.41) is 2.37. The molecule has 3 N–H and O–H groups in total. The number of carbonyl (C=O) groups is 2. The van der Waals surface area contributed by atoms with Crippen molar-refractivity contribution in [3.63, 3.8) is 0 Å². The Bertz CT molecular complexity index is 681. The first-order valence-corrected chi connectivity index (χ1v) is 6.74. The number of nitrogens with one attached hydrogen (secondary N) is 3. The van der Waals surface area contributed by atoms with Gasteiger partial charge in [-0.1, -0.05) is 30.3 Å². The third-order valence-electron chi connectivity index (χ3n) is 2.50. The van der Waals surface area contributed by atoms with Gasteiger partial charge in [0.15, 0.2) is 10.9 Å². The lowest BCUT2D eigenvalue weighted by molar-refractivity contribution is -0.115. The lowest BCUT2D eigenvalue weighted by Gasteiger charge is -2.08. The second-order valence-electron chi connectivity index (χ2n) is 4.12. The van der Waals surface area contributed by atoms with Crippen LogP contribution in [-0.2, 0) is 4.79 Å². The number of furan rings is 1. The smallest absolute Gasteiger partial charge is 0.305 e. The van der Waals surface area contributed by atoms with Crippen LogP contribution >= 0.6 is 12.2 Å². The fourth-order valence-corrected chi connectivity index (χ4v) is 1.66. The molecule has 1 heterocycles. The van der Waals surface area contributed by atoms with Crippen LogP contribution in [0.5, 0.6) is 0 Å². The van der Waals surface area contributed by atoms with Crippen molar-refractivity contribution < 1.29 is 14.0 Å². The van der Waals surface area contributed by atoms with Gasteiger partial charge in [0, 0.05) is 6.08 Å². The lowest BCUT2D eigenvalue weighted by atomic mass is 10.2. The van der Waals surface area contributed by atoms with Crippen molar-refractivity contribution in [3.8, 4) is 0 Å². The Morgan fingerprint density at radius 3 is 2.50 bits per heavy atom. The summed E-state index contributed by atoms with van der Waals surface area (Å²) in [6.45, 7) is 0. The van der Waals surface area contributed by atoms with E-state index in [1.54, 1.807) is 12.1 Å². The molecule has 6 nitrogen and oxygen atoms in total. The number of hydrogen-bond acceptors (Lipinski definition) is 4. The maximum Gasteiger partial charge on any atom is 0.305 e. The SMILES string of the molecule is O=C(/C=C/c1ccccc1)NC(=S)NNC(=O)c1ccco1. The molecule has 0 spiro atoms. The van der Waals surface area contributed by atoms with Gasteiger partial charge in [0.2, 0.25) is 5.91 Å². The van der Waals surface area contributed by atoms with Crippen LogP contribution in [0.4, 0.5) is 0 Å². The Kier molecular flexibility index (Phi) is 5.44. The van der Waals surface area contributed by atoms with Crippen molar-refractivity contribution in [2.75, 3.05) is 0 Å². The summed E-state index contributed by atoms with van der Waals surface area (Å²) in [5.41, 5.74) is 5.60. The quantitative estimate of drug-likeness (QED) is 0.455. The van der Waals surface area contributed by atoms with Gasteiger partial charge in [-0.3, -0.25) is 25.8 Å². The number of rotatable bonds is 3. The van der Waals surface area contributed by atoms with E-state index < -0.39 is 11.8 Å². The molecule has 1 aromatic carbocycles. The van der Waals surface area contributed by atoms with Crippen LogP contribution in [0.15, 0.2) is 59.2 Å². The summed E-state index contributed by atoms with van der Waals surface area (Å²) in [6, 6.07) is 12.4. The number of benzene rings is 1. The maximum absolute atomic E-state index is 11.6. The molecule has 22 heavy (non-hydrogen) atoms. The maximum atomic E-state index is 11.6. The zero-order valence-electron chi connectivity index (χ0n) is 11.4. The predicted molar refractivity (Wildman–Crippen MR) is 85.5 cm³/mol. The molecule has 2 aromatic rings. The average molecular weight is 315 g/mol. The molecule has 7 heteroatoms. The lowest BCUT2D eigenvalue weighted by Crippen LogP contribution is -2.48. The molecule has 0 aliphatic carbocycles. The summed E-state index contributed by atoms with van der Waals surface area (Å²) in [4.78, 5) is 23.2. The number of thiocarbonyl (C=S) groups is 1. The van der Waals surface area contributed by atoms with Crippen molar-refractivity contribution in [3.05, 3.63) is 66.1 Å². The van der Waals surface area contributed by atoms with Crippen LogP contribution in [0.1, 0.15) is 16.1 Å². The van der Waals surface area contributed by atoms with E-state index in [1.807, 2.05) is 30.3 Å². The van der Waals surface area contributed by atoms with Crippen LogP contribution in [0.2, 0.25) is 0 Å². The molecule has 0 unspecified atom stereocenters. The van der Waals surface area contributed by atoms with Crippen molar-refractivity contribution in [2.24, 2.45) is 0 Å². The highest BCUT2D eigenvalue weighted by molar-refractivity contribution is 7.80. The van der Waals surface area contributed by atoms with Crippen LogP contribution in [0.3, 0.4) is 0 Å². The van der Waals surface area contributed by atoms with Gasteiger partial charge in [-0.2, -0.15) is 0 Å². The summed E-state index contributed by atoms with van der Waals surface area (Å²) < 4.78 is 4.90. The largest absolute Gasteiger partial charge is 0.459 e. The first-order valence-electron chi connectivity index (χ1n) is 6.33. The third-order valence-corrected chi connectivity index (χ3v) is 2.70. The standard InChI is InChI=1S/C15H13N3O3S/c19-13(9-8-11-5-2-1-3-6-11)16-15(22)18-17-14(20)12-7-4-10-21-12/h1-10H,(H,17,20)(H2,16,18,19,22)/b9-8+. The van der Waals surface area contributed by atoms with Gasteiger partial charge in [-0.25, -0.2) is 0 Å². The van der Waals surface area contributed by atoms with Gasteiger partial charge >= 0.3 is 5.91 Å². The minimum absolute atomic E-state index is 0.0254. The normalized spacial score (nSPS) is 10.2. The molecule has 0 aliphatic heterocycles. The predicted octanol–water partition coefficient (Wildman–Crippen LogP) is 1.63. The van der Waals surface area contributed by atoms with Crippen LogP contribution in [-0.4, -0.2) is 16.9 Å². The molecule has 0 aliphatic rings. The van der Waals surface area contributed by atoms with E-state index in [0.717, 1.165) is 5.56 Å². The number of hydrazine groups is 1. The number of amides is 2. The summed E-state index contributed by atoms with van der Waals surface area (Å²) in [6.07, 6.45) is 4.38. The molecular weight excluding hydrogens is 302 g/mol. The van der Waals surface area contributed by atoms with Crippen LogP contribution in [0, 0.1) is 0 Å². The molecule has 0 fully saturated rings. The molecule has 0 saturated carbocycles. The average Bonchev–Trinajstić information content (AvgIpc) is 3.06. The van der Waals surface area contributed by atoms with Crippen LogP contribution in [0.25, 0.3) is 6.08 Å². The second kappa shape index (κ2) is 7.75. The molecule has 0 saturated heterocycles. The fourth-order valence-electron chi connectivity index (χ4n) is 1.50. The number of carbonyl (C=O) groups excluding carboxylic acids is 2. The Hall–Kier alpha value is -2.93. The Labute approximate surface area is 132 Å². The van der Waals surface area contributed by atoms with E-state index in [0.29, 0.717) is 0 Å². The van der Waals surface area contributed by atoms with Crippen molar-refractivity contribution in [1.29, 1.82) is 0 Å². The first-order chi connectivity index (χ1) is 10.6. The van der Waals surface area contributed by atoms with E-state index in [4.69, 9.17) is 16.6 Å². The molecule has 0 atom stereocenters. The zero-order chi connectivity index (χ0) is 15.8. The number of hydrogen-bond donors (Lipinski definition) is 3. The monoisotopic (exact) mass is 315 g/mol. The minimum Gasteiger partial charge on any atom is -0.459 e. The Morgan fingerprint density at radius 2 is 1.82 bits per heavy atom. The van der Waals surface area contributed by atoms with E-state index in [1.165, 1.54) is 18.4 Å². The van der Waals surface area contributed by atoms with Gasteiger partial charge in [0.25, 0.3) is 0 Å². The highest BCUT2D eigenvalue weighted by Crippen LogP contribution is 2.00. The van der Waals surface area contributed by atoms with Crippen LogP contribution < -0.4 is 16.2 Å². The molecule has 2 amide bonds. The van der Waals surface area contributed by atoms with Crippen molar-refractivity contribution in [2.45, 2.75) is 0 Å². The van der Waals surface area contributed by atoms with Gasteiger partial charge < -0.3 is 4.42 Å². The summed E-state index contributed by atoms with van der Waals surface area (Å²) >= 11 is 4.89. The highest BCUT2D eigenvalue weighted by atomic mass is 32.1. The van der Waals surface area contributed by atoms with Crippen molar-refractivity contribution in [1.82, 2.24) is 16.2 Å². The topological polar surface area (TPSA) is 83.4 Å². The van der Waals surface area contributed by atoms with E-state index in [2.05, 4.69) is 16.2 Å². The zero-order valence-corrected chi connectivity index (χ0v) is 12.2. The molecule has 2 rings (SSSR count). The third kappa shape index (κ3) is 4.88. The molecule has 0 bridgehead atoms. The summed E-state index contributed by atoms with van der Waals surface area (Å²) in [7, 11) is 0. The highest BCUT2D eigenvalue weighted by Gasteiger charge is 2.08. The second-order valence-corrected chi connectivity index (χ2v) is 4.53. The van der Waals surface area contributed by atoms with Crippen molar-refractivity contribution >= 4 is 35.2 Å². The molecule has 112 valence electrons. The molecule has 0 radical (unpaired) electrons. The van der Waals surface area contributed by atoms with Gasteiger partial charge in [-0.15, -0.1) is 0 Å². The molecular formula is C15H13N3O3S. The van der Waals surface area contributed by atoms with E-state index >= 15 is 0 Å². The minimum atomic E-state index is -0.499. The fraction of sp³-hybridized carbons (Fsp3) is 0. The summed E-state index contributed by atoms with van der Waals surface area (Å²) in [5.74, 6) is -0.777. The Morgan fingerprint density at radius 1 is 1.05 bits per heavy atom. The van der Waals surface area contributed by atoms with Gasteiger partial charge in [0.1, 0.15) is 0 Å². The van der Waals surface area contributed by atoms with E-state index in [9.17, 15) is 9.59 Å². The Balaban J connectivity index is 1.76. The van der Waals surface area contributed by atoms with Gasteiger partial charge in [0.05, 0.1) is 6.26 Å².